The quantitative estimate of drug-likeness (QED) is 0.0474. The average Bonchev–Trinajstić information content (AvgIpc) is 0.853. The fourth-order valence-electron chi connectivity index (χ4n) is 5.65. The highest BCUT2D eigenvalue weighted by molar-refractivity contribution is 6.33. The molecule has 101 heavy (non-hydrogen) atoms. The van der Waals surface area contributed by atoms with Crippen LogP contribution in [0.5, 0.6) is 46.0 Å². The Hall–Kier alpha value is -11.6. The predicted molar refractivity (Wildman–Crippen MR) is 415 cm³/mol. The number of benzene rings is 5. The number of ether oxygens (including phenoxy) is 4. The van der Waals surface area contributed by atoms with Crippen molar-refractivity contribution >= 4 is 63.7 Å². The average molecular weight is 1430 g/mol. The minimum atomic E-state index is -0.662. The van der Waals surface area contributed by atoms with E-state index in [1.54, 1.807) is 109 Å². The van der Waals surface area contributed by atoms with E-state index in [-0.39, 0.29) is 68.5 Å². The van der Waals surface area contributed by atoms with Crippen LogP contribution in [-0.2, 0) is 4.74 Å². The lowest BCUT2D eigenvalue weighted by Gasteiger charge is -2.18. The molecule has 0 spiro atoms. The lowest BCUT2D eigenvalue weighted by molar-refractivity contribution is -0.385. The van der Waals surface area contributed by atoms with E-state index in [1.165, 1.54) is 57.9 Å². The molecule has 9 rings (SSSR count). The summed E-state index contributed by atoms with van der Waals surface area (Å²) in [6.07, 6.45) is 5.21. The second-order valence-corrected chi connectivity index (χ2v) is 17.1. The summed E-state index contributed by atoms with van der Waals surface area (Å²) in [7, 11) is 4.54. The van der Waals surface area contributed by atoms with Gasteiger partial charge in [0.05, 0.1) is 14.8 Å². The maximum absolute atomic E-state index is 10.8. The number of aromatic hydroxyl groups is 2. The Kier molecular flexibility index (Phi) is 69.6. The summed E-state index contributed by atoms with van der Waals surface area (Å²) in [5.74, 6) is 2.83. The molecular formula is C72H110ClN15O13. The van der Waals surface area contributed by atoms with Gasteiger partial charge in [0.25, 0.3) is 0 Å². The Morgan fingerprint density at radius 2 is 0.644 bits per heavy atom. The lowest BCUT2D eigenvalue weighted by atomic mass is 10.2. The van der Waals surface area contributed by atoms with Crippen molar-refractivity contribution in [1.29, 1.82) is 0 Å². The van der Waals surface area contributed by atoms with Crippen LogP contribution in [0.4, 0.5) is 50.8 Å². The number of carbonyl (C=O) groups excluding carboxylic acids is 1. The number of alkyl carbamates (subject to hydrolysis) is 1. The molecule has 558 valence electrons. The van der Waals surface area contributed by atoms with Crippen molar-refractivity contribution in [2.24, 2.45) is 11.5 Å². The van der Waals surface area contributed by atoms with Crippen molar-refractivity contribution in [3.8, 4) is 46.0 Å². The highest BCUT2D eigenvalue weighted by Crippen LogP contribution is 2.36. The van der Waals surface area contributed by atoms with Gasteiger partial charge >= 0.3 is 23.2 Å². The van der Waals surface area contributed by atoms with Crippen LogP contribution in [0.2, 0.25) is 5.02 Å². The molecule has 0 atom stereocenters. The van der Waals surface area contributed by atoms with E-state index in [4.69, 9.17) is 69.4 Å². The maximum atomic E-state index is 10.8. The molecule has 0 aliphatic carbocycles. The first kappa shape index (κ1) is 103. The van der Waals surface area contributed by atoms with Crippen molar-refractivity contribution in [2.45, 2.75) is 123 Å². The molecule has 0 unspecified atom stereocenters. The highest BCUT2D eigenvalue weighted by atomic mass is 35.5. The summed E-state index contributed by atoms with van der Waals surface area (Å²) in [5.41, 5.74) is 35.3. The molecule has 4 heterocycles. The summed E-state index contributed by atoms with van der Waals surface area (Å²) >= 11 is 5.46. The zero-order valence-electron chi connectivity index (χ0n) is 62.0. The number of aromatic nitrogens is 4. The van der Waals surface area contributed by atoms with Gasteiger partial charge in [-0.15, -0.1) is 0 Å². The minimum absolute atomic E-state index is 0.00231. The molecule has 0 aliphatic rings. The third-order valence-corrected chi connectivity index (χ3v) is 9.60. The number of nitro groups is 3. The van der Waals surface area contributed by atoms with Crippen LogP contribution in [0.3, 0.4) is 0 Å². The molecule has 0 aliphatic heterocycles. The van der Waals surface area contributed by atoms with E-state index in [9.17, 15) is 35.1 Å². The SMILES string of the molecule is CC.CC.CC.CC.CC.CC.CC.CN.CN.CNC(=O)OC(C)(C)C.Nc1nccc(Cl)c1[N+](=O)[O-].Nc1nccc(Oc2ccccc2)c1N.Nc1nccc(Oc2ccccc2)c1[N+](=O)[O-].Nc1nccc(Oc2ccccc2)c1[N+](=O)[O-].Oc1ccccc1.Oc1ccccc1. The van der Waals surface area contributed by atoms with Crippen LogP contribution in [0.25, 0.3) is 0 Å². The monoisotopic (exact) mass is 1430 g/mol. The van der Waals surface area contributed by atoms with Gasteiger partial charge in [-0.25, -0.2) is 24.7 Å². The Labute approximate surface area is 601 Å². The first-order valence-electron chi connectivity index (χ1n) is 32.1. The number of nitrogens with two attached hydrogens (primary N) is 7. The minimum Gasteiger partial charge on any atom is -0.508 e. The summed E-state index contributed by atoms with van der Waals surface area (Å²) in [6.45, 7) is 33.5. The Balaban J connectivity index is -0.000000200. The van der Waals surface area contributed by atoms with Crippen LogP contribution in [0.15, 0.2) is 201 Å². The normalized spacial score (nSPS) is 8.50. The standard InChI is InChI=1S/2C11H9N3O3.C11H11N3O.C6H13NO2.2C6H6O.C5H4ClN3O2.7C2H6.2CH5N/c2*12-11-10(14(15)16)9(6-7-13-11)17-8-4-2-1-3-5-8;12-10-9(6-7-14-11(10)13)15-8-4-2-1-3-5-8;1-6(2,3)9-5(8)7-4;2*7-6-4-2-1-3-5-6;6-3-1-2-8-5(7)4(3)9(10)11;9*1-2/h2*1-7H,(H2,12,13);1-7H,12H2,(H2,13,14);1-4H3,(H,7,8);2*1-5,7H;1-2H,(H2,7,8);7*1-2H3;2*2H2,1H3. The van der Waals surface area contributed by atoms with E-state index < -0.39 is 14.8 Å². The van der Waals surface area contributed by atoms with E-state index in [2.05, 4.69) is 36.7 Å². The molecule has 1 amide bonds. The summed E-state index contributed by atoms with van der Waals surface area (Å²) in [5, 5.41) is 51.5. The second kappa shape index (κ2) is 68.3. The molecule has 4 aromatic heterocycles. The number of hydrogen-bond donors (Lipinski definition) is 10. The Morgan fingerprint density at radius 3 is 0.861 bits per heavy atom. The molecule has 9 aromatic rings. The third kappa shape index (κ3) is 49.5. The molecule has 17 N–H and O–H groups in total. The first-order chi connectivity index (χ1) is 48.5. The number of rotatable bonds is 9. The van der Waals surface area contributed by atoms with Gasteiger partial charge in [0.2, 0.25) is 29.0 Å². The van der Waals surface area contributed by atoms with Crippen LogP contribution < -0.4 is 59.7 Å². The number of nitrogen functional groups attached to an aromatic ring is 5. The van der Waals surface area contributed by atoms with Crippen molar-refractivity contribution < 1.29 is 48.7 Å². The van der Waals surface area contributed by atoms with Crippen LogP contribution >= 0.6 is 11.6 Å². The molecule has 28 nitrogen and oxygen atoms in total. The summed E-state index contributed by atoms with van der Waals surface area (Å²) in [6, 6.07) is 50.1. The Bertz CT molecular complexity index is 3290. The van der Waals surface area contributed by atoms with Gasteiger partial charge < -0.3 is 74.6 Å². The molecule has 5 aromatic carbocycles. The number of anilines is 5. The van der Waals surface area contributed by atoms with Crippen LogP contribution in [0, 0.1) is 30.3 Å². The van der Waals surface area contributed by atoms with E-state index in [0.717, 1.165) is 5.75 Å². The number of phenolic OH excluding ortho intramolecular Hbond substituents is 2. The van der Waals surface area contributed by atoms with E-state index in [0.29, 0.717) is 34.4 Å². The topological polar surface area (TPSA) is 470 Å². The van der Waals surface area contributed by atoms with Crippen molar-refractivity contribution in [1.82, 2.24) is 25.3 Å². The second-order valence-electron chi connectivity index (χ2n) is 16.7. The molecule has 0 fully saturated rings. The van der Waals surface area contributed by atoms with Gasteiger partial charge in [0.1, 0.15) is 50.9 Å². The number of amides is 1. The first-order valence-corrected chi connectivity index (χ1v) is 32.4. The highest BCUT2D eigenvalue weighted by Gasteiger charge is 2.22. The fourth-order valence-corrected chi connectivity index (χ4v) is 5.87. The van der Waals surface area contributed by atoms with Gasteiger partial charge in [-0.3, -0.25) is 30.3 Å². The van der Waals surface area contributed by atoms with Crippen LogP contribution in [-0.4, -0.2) is 77.8 Å². The van der Waals surface area contributed by atoms with Crippen molar-refractivity contribution in [2.75, 3.05) is 49.8 Å². The molecule has 0 radical (unpaired) electrons. The third-order valence-electron chi connectivity index (χ3n) is 9.29. The molecule has 0 saturated carbocycles. The number of nitrogens with zero attached hydrogens (tertiary/aromatic N) is 7. The number of carbonyl (C=O) groups is 1. The van der Waals surface area contributed by atoms with E-state index >= 15 is 0 Å². The molecule has 0 bridgehead atoms. The van der Waals surface area contributed by atoms with Crippen molar-refractivity contribution in [3.05, 3.63) is 236 Å². The number of hydrogen-bond acceptors (Lipinski definition) is 24. The number of pyridine rings is 4. The predicted octanol–water partition coefficient (Wildman–Crippen LogP) is 18.3. The van der Waals surface area contributed by atoms with Gasteiger partial charge in [-0.2, -0.15) is 0 Å². The fraction of sp³-hybridized carbons (Fsp3) is 0.292. The van der Waals surface area contributed by atoms with Gasteiger partial charge in [-0.05, 0) is 102 Å². The largest absolute Gasteiger partial charge is 0.508 e. The zero-order valence-corrected chi connectivity index (χ0v) is 62.7. The van der Waals surface area contributed by atoms with Gasteiger partial charge in [-0.1, -0.05) is 200 Å². The van der Waals surface area contributed by atoms with Gasteiger partial charge in [0.15, 0.2) is 5.75 Å². The maximum Gasteiger partial charge on any atom is 0.407 e. The lowest BCUT2D eigenvalue weighted by Crippen LogP contribution is -2.30. The van der Waals surface area contributed by atoms with Gasteiger partial charge in [0, 0.05) is 50.0 Å². The van der Waals surface area contributed by atoms with Crippen LogP contribution in [0.1, 0.15) is 118 Å². The molecule has 29 heteroatoms. The number of para-hydroxylation sites is 5. The Morgan fingerprint density at radius 1 is 0.406 bits per heavy atom. The molecular weight excluding hydrogens is 1320 g/mol. The summed E-state index contributed by atoms with van der Waals surface area (Å²) < 4.78 is 21.2. The molecule has 0 saturated heterocycles. The number of nitrogens with one attached hydrogen (secondary N) is 1. The summed E-state index contributed by atoms with van der Waals surface area (Å²) in [4.78, 5) is 55.2. The zero-order chi connectivity index (χ0) is 79.3. The number of halogens is 1. The smallest absolute Gasteiger partial charge is 0.407 e. The van der Waals surface area contributed by atoms with Crippen molar-refractivity contribution in [3.63, 3.8) is 0 Å². The van der Waals surface area contributed by atoms with E-state index in [1.807, 2.05) is 172 Å². The number of phenols is 2.